The Labute approximate surface area is 127 Å². The molecule has 2 saturated carbocycles. The Bertz CT molecular complexity index is 395. The van der Waals surface area contributed by atoms with Crippen molar-refractivity contribution in [2.45, 2.75) is 88.9 Å². The van der Waals surface area contributed by atoms with Crippen LogP contribution in [0.25, 0.3) is 0 Å². The second-order valence-corrected chi connectivity index (χ2v) is 7.78. The van der Waals surface area contributed by atoms with Crippen LogP contribution in [-0.4, -0.2) is 17.9 Å². The Kier molecular flexibility index (Phi) is 3.72. The second kappa shape index (κ2) is 5.57. The molecule has 118 valence electrons. The van der Waals surface area contributed by atoms with Crippen LogP contribution in [-0.2, 0) is 14.3 Å². The maximum absolute atomic E-state index is 11.9. The van der Waals surface area contributed by atoms with Crippen LogP contribution in [0.1, 0.15) is 77.0 Å². The summed E-state index contributed by atoms with van der Waals surface area (Å²) in [4.78, 5) is 11.9. The van der Waals surface area contributed by atoms with Crippen molar-refractivity contribution in [3.63, 3.8) is 0 Å². The maximum Gasteiger partial charge on any atom is 0.318 e. The summed E-state index contributed by atoms with van der Waals surface area (Å²) >= 11 is 0. The smallest absolute Gasteiger partial charge is 0.318 e. The van der Waals surface area contributed by atoms with E-state index >= 15 is 0 Å². The third-order valence-corrected chi connectivity index (χ3v) is 6.31. The van der Waals surface area contributed by atoms with Gasteiger partial charge in [0.15, 0.2) is 0 Å². The van der Waals surface area contributed by atoms with E-state index in [4.69, 9.17) is 9.47 Å². The lowest BCUT2D eigenvalue weighted by Gasteiger charge is -2.36. The lowest BCUT2D eigenvalue weighted by molar-refractivity contribution is -0.212. The highest BCUT2D eigenvalue weighted by Crippen LogP contribution is 2.57. The number of carbonyl (C=O) groups is 1. The predicted octanol–water partition coefficient (Wildman–Crippen LogP) is 4.20. The molecular weight excluding hydrogens is 264 g/mol. The summed E-state index contributed by atoms with van der Waals surface area (Å²) in [6, 6.07) is 0. The minimum Gasteiger partial charge on any atom is -0.429 e. The standard InChI is InChI=1S/C18H28O3/c19-17-15(11-13-7-3-1-4-8-13)18(21-17)16(20-18)12-14-9-5-2-6-10-14/h13-16H,1-12H2/t15-,16+,18-/m0/s1. The predicted molar refractivity (Wildman–Crippen MR) is 79.6 cm³/mol. The molecule has 2 saturated heterocycles. The summed E-state index contributed by atoms with van der Waals surface area (Å²) in [7, 11) is 0. The molecule has 0 aromatic heterocycles. The molecule has 0 radical (unpaired) electrons. The van der Waals surface area contributed by atoms with Gasteiger partial charge in [-0.15, -0.1) is 0 Å². The molecule has 0 unspecified atom stereocenters. The summed E-state index contributed by atoms with van der Waals surface area (Å²) < 4.78 is 11.4. The van der Waals surface area contributed by atoms with Gasteiger partial charge >= 0.3 is 5.97 Å². The lowest BCUT2D eigenvalue weighted by atomic mass is 9.77. The van der Waals surface area contributed by atoms with Gasteiger partial charge in [0, 0.05) is 0 Å². The van der Waals surface area contributed by atoms with Crippen molar-refractivity contribution in [1.82, 2.24) is 0 Å². The zero-order valence-electron chi connectivity index (χ0n) is 13.0. The van der Waals surface area contributed by atoms with Gasteiger partial charge in [-0.25, -0.2) is 0 Å². The van der Waals surface area contributed by atoms with Gasteiger partial charge in [0.05, 0.1) is 0 Å². The van der Waals surface area contributed by atoms with Crippen molar-refractivity contribution in [2.24, 2.45) is 17.8 Å². The molecule has 0 bridgehead atoms. The Morgan fingerprint density at radius 1 is 0.857 bits per heavy atom. The summed E-state index contributed by atoms with van der Waals surface area (Å²) in [5.74, 6) is 1.12. The van der Waals surface area contributed by atoms with Gasteiger partial charge in [-0.3, -0.25) is 4.79 Å². The largest absolute Gasteiger partial charge is 0.429 e. The highest BCUT2D eigenvalue weighted by atomic mass is 16.8. The molecule has 21 heavy (non-hydrogen) atoms. The Morgan fingerprint density at radius 2 is 1.43 bits per heavy atom. The van der Waals surface area contributed by atoms with Crippen LogP contribution in [0.5, 0.6) is 0 Å². The van der Waals surface area contributed by atoms with E-state index in [2.05, 4.69) is 0 Å². The van der Waals surface area contributed by atoms with Crippen LogP contribution >= 0.6 is 0 Å². The molecule has 1 spiro atoms. The Morgan fingerprint density at radius 3 is 2.00 bits per heavy atom. The fraction of sp³-hybridized carbons (Fsp3) is 0.944. The number of esters is 1. The van der Waals surface area contributed by atoms with Gasteiger partial charge in [-0.1, -0.05) is 64.2 Å². The van der Waals surface area contributed by atoms with E-state index in [0.717, 1.165) is 24.7 Å². The van der Waals surface area contributed by atoms with Gasteiger partial charge in [0.2, 0.25) is 0 Å². The van der Waals surface area contributed by atoms with Crippen molar-refractivity contribution in [3.05, 3.63) is 0 Å². The van der Waals surface area contributed by atoms with Crippen LogP contribution in [0, 0.1) is 17.8 Å². The molecule has 0 aromatic carbocycles. The Balaban J connectivity index is 1.31. The highest BCUT2D eigenvalue weighted by Gasteiger charge is 2.74. The van der Waals surface area contributed by atoms with E-state index in [-0.39, 0.29) is 18.0 Å². The normalized spacial score (nSPS) is 40.9. The number of epoxide rings is 1. The average molecular weight is 292 g/mol. The summed E-state index contributed by atoms with van der Waals surface area (Å²) in [5.41, 5.74) is 0. The third-order valence-electron chi connectivity index (χ3n) is 6.31. The van der Waals surface area contributed by atoms with E-state index in [1.54, 1.807) is 0 Å². The van der Waals surface area contributed by atoms with Crippen LogP contribution in [0.15, 0.2) is 0 Å². The van der Waals surface area contributed by atoms with Crippen molar-refractivity contribution in [2.75, 3.05) is 0 Å². The molecule has 2 aliphatic heterocycles. The summed E-state index contributed by atoms with van der Waals surface area (Å²) in [5, 5.41) is 0. The van der Waals surface area contributed by atoms with E-state index < -0.39 is 5.79 Å². The number of hydrogen-bond donors (Lipinski definition) is 0. The monoisotopic (exact) mass is 292 g/mol. The van der Waals surface area contributed by atoms with Crippen molar-refractivity contribution < 1.29 is 14.3 Å². The first kappa shape index (κ1) is 14.0. The van der Waals surface area contributed by atoms with Gasteiger partial charge in [-0.2, -0.15) is 0 Å². The lowest BCUT2D eigenvalue weighted by Crippen LogP contribution is -2.51. The molecule has 4 aliphatic rings. The molecule has 3 heteroatoms. The highest BCUT2D eigenvalue weighted by molar-refractivity contribution is 5.81. The van der Waals surface area contributed by atoms with Gasteiger partial charge < -0.3 is 9.47 Å². The molecule has 2 aliphatic carbocycles. The van der Waals surface area contributed by atoms with Crippen molar-refractivity contribution in [3.8, 4) is 0 Å². The quantitative estimate of drug-likeness (QED) is 0.576. The van der Waals surface area contributed by atoms with Crippen molar-refractivity contribution in [1.29, 1.82) is 0 Å². The minimum absolute atomic E-state index is 0.00622. The van der Waals surface area contributed by atoms with E-state index in [1.807, 2.05) is 0 Å². The number of hydrogen-bond acceptors (Lipinski definition) is 3. The number of carbonyl (C=O) groups excluding carboxylic acids is 1. The second-order valence-electron chi connectivity index (χ2n) is 7.78. The minimum atomic E-state index is -0.466. The van der Waals surface area contributed by atoms with Crippen LogP contribution < -0.4 is 0 Å². The zero-order valence-corrected chi connectivity index (χ0v) is 13.0. The first-order valence-electron chi connectivity index (χ1n) is 9.18. The zero-order chi connectivity index (χ0) is 14.3. The fourth-order valence-electron chi connectivity index (χ4n) is 4.94. The van der Waals surface area contributed by atoms with Gasteiger partial charge in [0.25, 0.3) is 5.79 Å². The summed E-state index contributed by atoms with van der Waals surface area (Å²) in [6.45, 7) is 0. The fourth-order valence-corrected chi connectivity index (χ4v) is 4.94. The molecular formula is C18H28O3. The van der Waals surface area contributed by atoms with Crippen LogP contribution in [0.2, 0.25) is 0 Å². The van der Waals surface area contributed by atoms with E-state index in [0.29, 0.717) is 0 Å². The third kappa shape index (κ3) is 2.62. The number of rotatable bonds is 4. The molecule has 4 rings (SSSR count). The van der Waals surface area contributed by atoms with Crippen LogP contribution in [0.3, 0.4) is 0 Å². The first-order valence-corrected chi connectivity index (χ1v) is 9.18. The van der Waals surface area contributed by atoms with Crippen LogP contribution in [0.4, 0.5) is 0 Å². The first-order chi connectivity index (χ1) is 10.3. The summed E-state index contributed by atoms with van der Waals surface area (Å²) in [6.07, 6.45) is 15.8. The molecule has 3 atom stereocenters. The van der Waals surface area contributed by atoms with Gasteiger partial charge in [0.1, 0.15) is 12.0 Å². The average Bonchev–Trinajstić information content (AvgIpc) is 3.22. The number of ether oxygens (including phenoxy) is 2. The molecule has 0 N–H and O–H groups in total. The SMILES string of the molecule is O=C1O[C@@]2(O[C@@H]2CC2CCCCC2)[C@H]1CC1CCCCC1. The Hall–Kier alpha value is -0.570. The molecule has 3 nitrogen and oxygen atoms in total. The molecule has 0 amide bonds. The topological polar surface area (TPSA) is 38.8 Å². The van der Waals surface area contributed by atoms with E-state index in [1.165, 1.54) is 64.2 Å². The van der Waals surface area contributed by atoms with Crippen molar-refractivity contribution >= 4 is 5.97 Å². The molecule has 4 fully saturated rings. The van der Waals surface area contributed by atoms with Gasteiger partial charge in [-0.05, 0) is 24.7 Å². The molecule has 0 aromatic rings. The van der Waals surface area contributed by atoms with E-state index in [9.17, 15) is 4.79 Å². The maximum atomic E-state index is 11.9. The molecule has 2 heterocycles.